The third-order valence-electron chi connectivity index (χ3n) is 2.62. The summed E-state index contributed by atoms with van der Waals surface area (Å²) < 4.78 is 0. The number of hydrogen-bond donors (Lipinski definition) is 1. The fraction of sp³-hybridized carbons (Fsp3) is 0.286. The summed E-state index contributed by atoms with van der Waals surface area (Å²) in [6.45, 7) is 4.67. The van der Waals surface area contributed by atoms with Crippen LogP contribution in [0, 0.1) is 13.8 Å². The zero-order chi connectivity index (χ0) is 12.3. The SMILES string of the molecule is Cc1ccc(-c2nc(C)cc(CCN)n2)cc1.Cl. The van der Waals surface area contributed by atoms with Crippen LogP contribution >= 0.6 is 12.4 Å². The van der Waals surface area contributed by atoms with Crippen LogP contribution in [-0.4, -0.2) is 16.5 Å². The summed E-state index contributed by atoms with van der Waals surface area (Å²) in [6, 6.07) is 10.2. The van der Waals surface area contributed by atoms with Gasteiger partial charge < -0.3 is 5.73 Å². The highest BCUT2D eigenvalue weighted by atomic mass is 35.5. The van der Waals surface area contributed by atoms with E-state index < -0.39 is 0 Å². The summed E-state index contributed by atoms with van der Waals surface area (Å²) in [5.41, 5.74) is 9.85. The van der Waals surface area contributed by atoms with Crippen molar-refractivity contribution in [3.05, 3.63) is 47.3 Å². The molecule has 0 saturated carbocycles. The first kappa shape index (κ1) is 14.6. The first-order valence-corrected chi connectivity index (χ1v) is 5.80. The Labute approximate surface area is 114 Å². The van der Waals surface area contributed by atoms with Gasteiger partial charge in [0.05, 0.1) is 0 Å². The first-order valence-electron chi connectivity index (χ1n) is 5.80. The largest absolute Gasteiger partial charge is 0.330 e. The number of rotatable bonds is 3. The van der Waals surface area contributed by atoms with E-state index in [0.717, 1.165) is 29.2 Å². The fourth-order valence-corrected chi connectivity index (χ4v) is 1.74. The van der Waals surface area contributed by atoms with Crippen molar-refractivity contribution in [2.75, 3.05) is 6.54 Å². The Hall–Kier alpha value is -1.45. The number of nitrogens with zero attached hydrogens (tertiary/aromatic N) is 2. The summed E-state index contributed by atoms with van der Waals surface area (Å²) in [5.74, 6) is 0.786. The Balaban J connectivity index is 0.00000162. The lowest BCUT2D eigenvalue weighted by Crippen LogP contribution is -2.06. The third-order valence-corrected chi connectivity index (χ3v) is 2.62. The molecule has 1 aromatic heterocycles. The molecule has 4 heteroatoms. The van der Waals surface area contributed by atoms with Crippen molar-refractivity contribution in [1.82, 2.24) is 9.97 Å². The van der Waals surface area contributed by atoms with Crippen LogP contribution in [0.1, 0.15) is 17.0 Å². The molecule has 1 heterocycles. The Bertz CT molecular complexity index is 509. The second-order valence-electron chi connectivity index (χ2n) is 4.23. The maximum absolute atomic E-state index is 5.56. The fourth-order valence-electron chi connectivity index (χ4n) is 1.74. The van der Waals surface area contributed by atoms with Crippen LogP contribution in [-0.2, 0) is 6.42 Å². The van der Waals surface area contributed by atoms with Crippen LogP contribution in [0.25, 0.3) is 11.4 Å². The Morgan fingerprint density at radius 3 is 2.33 bits per heavy atom. The molecule has 0 atom stereocenters. The molecular formula is C14H18ClN3. The molecule has 0 aliphatic carbocycles. The summed E-state index contributed by atoms with van der Waals surface area (Å²) in [6.07, 6.45) is 0.794. The van der Waals surface area contributed by atoms with E-state index >= 15 is 0 Å². The van der Waals surface area contributed by atoms with Crippen LogP contribution in [0.3, 0.4) is 0 Å². The molecule has 3 nitrogen and oxygen atoms in total. The monoisotopic (exact) mass is 263 g/mol. The minimum Gasteiger partial charge on any atom is -0.330 e. The first-order chi connectivity index (χ1) is 8.19. The zero-order valence-electron chi connectivity index (χ0n) is 10.7. The van der Waals surface area contributed by atoms with Crippen LogP contribution < -0.4 is 5.73 Å². The van der Waals surface area contributed by atoms with Crippen LogP contribution in [0.5, 0.6) is 0 Å². The predicted molar refractivity (Wildman–Crippen MR) is 76.9 cm³/mol. The molecular weight excluding hydrogens is 246 g/mol. The van der Waals surface area contributed by atoms with Gasteiger partial charge in [0.2, 0.25) is 0 Å². The van der Waals surface area contributed by atoms with Gasteiger partial charge in [0.15, 0.2) is 5.82 Å². The highest BCUT2D eigenvalue weighted by molar-refractivity contribution is 5.85. The number of aromatic nitrogens is 2. The van der Waals surface area contributed by atoms with E-state index in [2.05, 4.69) is 41.2 Å². The summed E-state index contributed by atoms with van der Waals surface area (Å²) >= 11 is 0. The molecule has 2 rings (SSSR count). The van der Waals surface area contributed by atoms with Gasteiger partial charge in [-0.3, -0.25) is 0 Å². The van der Waals surface area contributed by atoms with E-state index in [1.54, 1.807) is 0 Å². The number of benzene rings is 1. The molecule has 0 unspecified atom stereocenters. The Kier molecular flexibility index (Phi) is 5.25. The second-order valence-corrected chi connectivity index (χ2v) is 4.23. The maximum atomic E-state index is 5.56. The molecule has 2 N–H and O–H groups in total. The van der Waals surface area contributed by atoms with Crippen molar-refractivity contribution in [3.63, 3.8) is 0 Å². The van der Waals surface area contributed by atoms with Gasteiger partial charge in [0, 0.05) is 23.4 Å². The van der Waals surface area contributed by atoms with Crippen molar-refractivity contribution in [1.29, 1.82) is 0 Å². The van der Waals surface area contributed by atoms with Crippen LogP contribution in [0.2, 0.25) is 0 Å². The molecule has 0 amide bonds. The molecule has 0 saturated heterocycles. The molecule has 0 spiro atoms. The Morgan fingerprint density at radius 2 is 1.72 bits per heavy atom. The van der Waals surface area contributed by atoms with E-state index in [1.165, 1.54) is 5.56 Å². The normalized spacial score (nSPS) is 9.94. The van der Waals surface area contributed by atoms with Gasteiger partial charge in [-0.2, -0.15) is 0 Å². The maximum Gasteiger partial charge on any atom is 0.159 e. The van der Waals surface area contributed by atoms with Crippen molar-refractivity contribution in [2.45, 2.75) is 20.3 Å². The second kappa shape index (κ2) is 6.47. The van der Waals surface area contributed by atoms with Crippen molar-refractivity contribution >= 4 is 12.4 Å². The highest BCUT2D eigenvalue weighted by Crippen LogP contribution is 2.16. The van der Waals surface area contributed by atoms with E-state index in [4.69, 9.17) is 5.73 Å². The van der Waals surface area contributed by atoms with Gasteiger partial charge in [0.25, 0.3) is 0 Å². The number of aryl methyl sites for hydroxylation is 2. The minimum atomic E-state index is 0. The average Bonchev–Trinajstić information content (AvgIpc) is 2.29. The molecule has 1 aromatic carbocycles. The highest BCUT2D eigenvalue weighted by Gasteiger charge is 2.04. The molecule has 18 heavy (non-hydrogen) atoms. The summed E-state index contributed by atoms with van der Waals surface area (Å²) in [4.78, 5) is 9.00. The summed E-state index contributed by atoms with van der Waals surface area (Å²) in [5, 5.41) is 0. The molecule has 0 radical (unpaired) electrons. The molecule has 2 aromatic rings. The molecule has 0 aliphatic heterocycles. The van der Waals surface area contributed by atoms with Crippen LogP contribution in [0.4, 0.5) is 0 Å². The van der Waals surface area contributed by atoms with Crippen LogP contribution in [0.15, 0.2) is 30.3 Å². The van der Waals surface area contributed by atoms with E-state index in [9.17, 15) is 0 Å². The van der Waals surface area contributed by atoms with Gasteiger partial charge in [-0.05, 0) is 26.5 Å². The lowest BCUT2D eigenvalue weighted by atomic mass is 10.1. The average molecular weight is 264 g/mol. The lowest BCUT2D eigenvalue weighted by Gasteiger charge is -2.05. The van der Waals surface area contributed by atoms with Gasteiger partial charge in [-0.25, -0.2) is 9.97 Å². The molecule has 0 bridgehead atoms. The van der Waals surface area contributed by atoms with Gasteiger partial charge in [-0.15, -0.1) is 12.4 Å². The lowest BCUT2D eigenvalue weighted by molar-refractivity contribution is 0.905. The smallest absolute Gasteiger partial charge is 0.159 e. The minimum absolute atomic E-state index is 0. The quantitative estimate of drug-likeness (QED) is 0.926. The predicted octanol–water partition coefficient (Wildman–Crippen LogP) is 2.68. The van der Waals surface area contributed by atoms with Gasteiger partial charge >= 0.3 is 0 Å². The number of hydrogen-bond acceptors (Lipinski definition) is 3. The van der Waals surface area contributed by atoms with Gasteiger partial charge in [0.1, 0.15) is 0 Å². The van der Waals surface area contributed by atoms with E-state index in [-0.39, 0.29) is 12.4 Å². The topological polar surface area (TPSA) is 51.8 Å². The summed E-state index contributed by atoms with van der Waals surface area (Å²) in [7, 11) is 0. The van der Waals surface area contributed by atoms with E-state index in [0.29, 0.717) is 6.54 Å². The van der Waals surface area contributed by atoms with Crippen molar-refractivity contribution < 1.29 is 0 Å². The third kappa shape index (κ3) is 3.52. The van der Waals surface area contributed by atoms with Crippen molar-refractivity contribution in [2.24, 2.45) is 5.73 Å². The van der Waals surface area contributed by atoms with Crippen molar-refractivity contribution in [3.8, 4) is 11.4 Å². The van der Waals surface area contributed by atoms with Gasteiger partial charge in [-0.1, -0.05) is 29.8 Å². The standard InChI is InChI=1S/C14H17N3.ClH/c1-10-3-5-12(6-4-10)14-16-11(2)9-13(17-14)7-8-15;/h3-6,9H,7-8,15H2,1-2H3;1H. The van der Waals surface area contributed by atoms with E-state index in [1.807, 2.05) is 13.0 Å². The zero-order valence-corrected chi connectivity index (χ0v) is 11.5. The number of halogens is 1. The number of nitrogens with two attached hydrogens (primary N) is 1. The molecule has 96 valence electrons. The Morgan fingerprint density at radius 1 is 1.06 bits per heavy atom. The molecule has 0 fully saturated rings. The molecule has 0 aliphatic rings.